The molecular weight excluding hydrogens is 621 g/mol. The van der Waals surface area contributed by atoms with Gasteiger partial charge in [0.1, 0.15) is 0 Å². The molecule has 0 unspecified atom stereocenters. The Labute approximate surface area is 292 Å². The summed E-state index contributed by atoms with van der Waals surface area (Å²) in [5.74, 6) is 0. The Morgan fingerprint density at radius 2 is 0.694 bits per heavy atom. The zero-order chi connectivity index (χ0) is 33.4. The zero-order valence-electron chi connectivity index (χ0n) is 28.4. The van der Waals surface area contributed by atoms with E-state index in [-0.39, 0.29) is 0 Å². The maximum Gasteiger partial charge on any atom is 0.179 e. The fourth-order valence-corrected chi connectivity index (χ4v) is 13.8. The van der Waals surface area contributed by atoms with E-state index in [4.69, 9.17) is 0 Å². The second-order valence-corrected chi connectivity index (χ2v) is 23.0. The fraction of sp³-hybridized carbons (Fsp3) is 0.0638. The van der Waals surface area contributed by atoms with Gasteiger partial charge in [-0.1, -0.05) is 213 Å². The molecule has 0 bridgehead atoms. The van der Waals surface area contributed by atoms with Gasteiger partial charge in [0.05, 0.1) is 8.07 Å². The van der Waals surface area contributed by atoms with Crippen LogP contribution in [-0.2, 0) is 0 Å². The smallest absolute Gasteiger partial charge is 0.0656 e. The predicted molar refractivity (Wildman–Crippen MR) is 219 cm³/mol. The summed E-state index contributed by atoms with van der Waals surface area (Å²) in [5.41, 5.74) is 5.17. The van der Waals surface area contributed by atoms with Crippen molar-refractivity contribution in [2.45, 2.75) is 19.6 Å². The van der Waals surface area contributed by atoms with Crippen LogP contribution in [0.25, 0.3) is 43.8 Å². The third-order valence-electron chi connectivity index (χ3n) is 10.2. The number of hydrogen-bond acceptors (Lipinski definition) is 0. The first-order valence-electron chi connectivity index (χ1n) is 17.3. The molecule has 0 aliphatic rings. The van der Waals surface area contributed by atoms with Gasteiger partial charge in [0.25, 0.3) is 0 Å². The highest BCUT2D eigenvalue weighted by Gasteiger charge is 2.41. The van der Waals surface area contributed by atoms with Crippen molar-refractivity contribution in [2.75, 3.05) is 0 Å². The normalized spacial score (nSPS) is 12.0. The van der Waals surface area contributed by atoms with Crippen molar-refractivity contribution < 1.29 is 0 Å². The van der Waals surface area contributed by atoms with Crippen LogP contribution in [0.4, 0.5) is 0 Å². The van der Waals surface area contributed by atoms with Crippen LogP contribution < -0.4 is 25.9 Å². The minimum atomic E-state index is -2.70. The standard InChI is InChI=1S/C47H40Si2/c1-48(2,3)40-31-32-44-45(34-40)47(43-30-17-16-29-42(43)46(44)35-19-8-4-9-20-35)36-21-18-28-41(33-36)49(37-22-10-5-11-23-37,38-24-12-6-13-25-38)39-26-14-7-15-27-39/h4-34H,1-3H3. The van der Waals surface area contributed by atoms with Crippen molar-refractivity contribution in [2.24, 2.45) is 0 Å². The molecule has 0 N–H and O–H groups in total. The van der Waals surface area contributed by atoms with E-state index < -0.39 is 16.1 Å². The van der Waals surface area contributed by atoms with E-state index in [2.05, 4.69) is 208 Å². The Morgan fingerprint density at radius 3 is 1.20 bits per heavy atom. The monoisotopic (exact) mass is 660 g/mol. The number of hydrogen-bond donors (Lipinski definition) is 0. The van der Waals surface area contributed by atoms with Gasteiger partial charge in [0.15, 0.2) is 8.07 Å². The number of rotatable bonds is 7. The summed E-state index contributed by atoms with van der Waals surface area (Å²) in [5, 5.41) is 12.3. The molecule has 8 aromatic rings. The maximum absolute atomic E-state index is 2.70. The first kappa shape index (κ1) is 31.0. The molecule has 236 valence electrons. The van der Waals surface area contributed by atoms with Crippen LogP contribution >= 0.6 is 0 Å². The van der Waals surface area contributed by atoms with Crippen LogP contribution in [0, 0.1) is 0 Å². The van der Waals surface area contributed by atoms with E-state index in [1.807, 2.05) is 0 Å². The summed E-state index contributed by atoms with van der Waals surface area (Å²) < 4.78 is 0. The van der Waals surface area contributed by atoms with Crippen molar-refractivity contribution in [3.63, 3.8) is 0 Å². The summed E-state index contributed by atoms with van der Waals surface area (Å²) in [7, 11) is -4.30. The first-order valence-corrected chi connectivity index (χ1v) is 22.8. The minimum absolute atomic E-state index is 1.26. The van der Waals surface area contributed by atoms with Crippen molar-refractivity contribution >= 4 is 63.6 Å². The van der Waals surface area contributed by atoms with E-state index in [9.17, 15) is 0 Å². The molecule has 0 amide bonds. The van der Waals surface area contributed by atoms with Gasteiger partial charge in [0, 0.05) is 0 Å². The molecule has 0 aliphatic carbocycles. The molecule has 0 aromatic heterocycles. The highest BCUT2D eigenvalue weighted by atomic mass is 28.3. The van der Waals surface area contributed by atoms with Gasteiger partial charge in [-0.25, -0.2) is 0 Å². The molecule has 0 saturated carbocycles. The molecule has 8 aromatic carbocycles. The Balaban J connectivity index is 1.50. The topological polar surface area (TPSA) is 0 Å². The summed E-state index contributed by atoms with van der Waals surface area (Å²) in [4.78, 5) is 0. The van der Waals surface area contributed by atoms with Crippen molar-refractivity contribution in [1.29, 1.82) is 0 Å². The Hall–Kier alpha value is -5.29. The van der Waals surface area contributed by atoms with Gasteiger partial charge in [-0.3, -0.25) is 0 Å². The van der Waals surface area contributed by atoms with Gasteiger partial charge >= 0.3 is 0 Å². The molecule has 0 aliphatic heterocycles. The molecular formula is C47H40Si2. The molecule has 0 atom stereocenters. The molecule has 2 heteroatoms. The molecule has 0 spiro atoms. The van der Waals surface area contributed by atoms with Gasteiger partial charge in [-0.05, 0) is 64.5 Å². The second kappa shape index (κ2) is 12.6. The lowest BCUT2D eigenvalue weighted by Crippen LogP contribution is -2.74. The van der Waals surface area contributed by atoms with Gasteiger partial charge < -0.3 is 0 Å². The Kier molecular flexibility index (Phi) is 7.99. The van der Waals surface area contributed by atoms with E-state index in [1.54, 1.807) is 0 Å². The molecule has 0 saturated heterocycles. The lowest BCUT2D eigenvalue weighted by Gasteiger charge is -2.34. The highest BCUT2D eigenvalue weighted by molar-refractivity contribution is 7.19. The molecule has 0 fully saturated rings. The lowest BCUT2D eigenvalue weighted by atomic mass is 9.86. The zero-order valence-corrected chi connectivity index (χ0v) is 30.4. The number of fused-ring (bicyclic) bond motifs is 2. The van der Waals surface area contributed by atoms with Gasteiger partial charge in [0.2, 0.25) is 0 Å². The Bertz CT molecular complexity index is 2300. The second-order valence-electron chi connectivity index (χ2n) is 14.1. The van der Waals surface area contributed by atoms with Crippen LogP contribution in [0.3, 0.4) is 0 Å². The summed E-state index contributed by atoms with van der Waals surface area (Å²) >= 11 is 0. The third kappa shape index (κ3) is 5.38. The largest absolute Gasteiger partial charge is 0.179 e. The molecule has 49 heavy (non-hydrogen) atoms. The predicted octanol–water partition coefficient (Wildman–Crippen LogP) is 9.25. The van der Waals surface area contributed by atoms with Crippen molar-refractivity contribution in [3.8, 4) is 22.3 Å². The quantitative estimate of drug-likeness (QED) is 0.0909. The summed E-state index contributed by atoms with van der Waals surface area (Å²) in [6, 6.07) is 70.6. The van der Waals surface area contributed by atoms with Gasteiger partial charge in [-0.15, -0.1) is 0 Å². The van der Waals surface area contributed by atoms with E-state index in [0.29, 0.717) is 0 Å². The van der Waals surface area contributed by atoms with Crippen LogP contribution in [0.1, 0.15) is 0 Å². The fourth-order valence-electron chi connectivity index (χ4n) is 7.84. The van der Waals surface area contributed by atoms with Crippen LogP contribution in [-0.4, -0.2) is 16.1 Å². The third-order valence-corrected chi connectivity index (χ3v) is 17.0. The first-order chi connectivity index (χ1) is 24.0. The average molecular weight is 661 g/mol. The molecule has 0 nitrogen and oxygen atoms in total. The SMILES string of the molecule is C[Si](C)(C)c1ccc2c(-c3ccccc3)c3ccccc3c(-c3cccc([Si](c4ccccc4)(c4ccccc4)c4ccccc4)c3)c2c1. The van der Waals surface area contributed by atoms with Crippen LogP contribution in [0.15, 0.2) is 188 Å². The summed E-state index contributed by atoms with van der Waals surface area (Å²) in [6.45, 7) is 7.35. The summed E-state index contributed by atoms with van der Waals surface area (Å²) in [6.07, 6.45) is 0. The van der Waals surface area contributed by atoms with E-state index in [0.717, 1.165) is 0 Å². The molecule has 0 radical (unpaired) electrons. The van der Waals surface area contributed by atoms with Crippen LogP contribution in [0.2, 0.25) is 19.6 Å². The highest BCUT2D eigenvalue weighted by Crippen LogP contribution is 2.43. The molecule has 0 heterocycles. The van der Waals surface area contributed by atoms with Crippen LogP contribution in [0.5, 0.6) is 0 Å². The van der Waals surface area contributed by atoms with E-state index in [1.165, 1.54) is 69.7 Å². The maximum atomic E-state index is 2.53. The average Bonchev–Trinajstić information content (AvgIpc) is 3.15. The lowest BCUT2D eigenvalue weighted by molar-refractivity contribution is 1.64. The van der Waals surface area contributed by atoms with Crippen molar-refractivity contribution in [3.05, 3.63) is 188 Å². The Morgan fingerprint density at radius 1 is 0.286 bits per heavy atom. The van der Waals surface area contributed by atoms with Gasteiger partial charge in [-0.2, -0.15) is 0 Å². The minimum Gasteiger partial charge on any atom is -0.0656 e. The number of benzene rings is 8. The van der Waals surface area contributed by atoms with E-state index >= 15 is 0 Å². The molecule has 8 rings (SSSR count). The van der Waals surface area contributed by atoms with Crippen molar-refractivity contribution in [1.82, 2.24) is 0 Å².